The van der Waals surface area contributed by atoms with Crippen molar-refractivity contribution in [2.75, 3.05) is 23.5 Å². The number of nitrogens with zero attached hydrogens (tertiary/aromatic N) is 1. The fraction of sp³-hybridized carbons (Fsp3) is 0.333. The third-order valence-corrected chi connectivity index (χ3v) is 6.55. The van der Waals surface area contributed by atoms with Crippen LogP contribution in [-0.4, -0.2) is 25.3 Å². The quantitative estimate of drug-likeness (QED) is 0.162. The third-order valence-electron chi connectivity index (χ3n) is 6.55. The van der Waals surface area contributed by atoms with Crippen LogP contribution in [0.3, 0.4) is 0 Å². The first-order valence-corrected chi connectivity index (χ1v) is 13.1. The number of carbonyl (C=O) groups excluding carboxylic acids is 2. The van der Waals surface area contributed by atoms with Crippen LogP contribution in [0.25, 0.3) is 0 Å². The number of unbranched alkanes of at least 4 members (excludes halogenated alkanes) is 2. The number of benzene rings is 2. The van der Waals surface area contributed by atoms with Gasteiger partial charge in [0, 0.05) is 30.3 Å². The highest BCUT2D eigenvalue weighted by Crippen LogP contribution is 2.40. The Morgan fingerprint density at radius 3 is 2.63 bits per heavy atom. The molecule has 0 spiro atoms. The normalized spacial score (nSPS) is 14.3. The van der Waals surface area contributed by atoms with E-state index in [9.17, 15) is 9.59 Å². The SMILES string of the molecule is C=C(OCNC(=O)CCCCC)N1CCC(c2ccc(NC(=O)OCc3ccco3)cc2)c2ccccc21. The van der Waals surface area contributed by atoms with Gasteiger partial charge in [0.05, 0.1) is 6.26 Å². The topological polar surface area (TPSA) is 93.0 Å². The standard InChI is InChI=1S/C30H35N3O5/c1-3-4-5-12-29(34)31-21-38-22(2)33-18-17-26(27-10-6-7-11-28(27)33)23-13-15-24(16-14-23)32-30(35)37-20-25-9-8-19-36-25/h6-11,13-16,19,26H,2-5,12,17-18,20-21H2,1H3,(H,31,34)(H,32,35). The summed E-state index contributed by atoms with van der Waals surface area (Å²) in [4.78, 5) is 26.1. The highest BCUT2D eigenvalue weighted by atomic mass is 16.6. The van der Waals surface area contributed by atoms with Gasteiger partial charge in [0.15, 0.2) is 19.2 Å². The number of amides is 2. The summed E-state index contributed by atoms with van der Waals surface area (Å²) in [6, 6.07) is 19.5. The van der Waals surface area contributed by atoms with Gasteiger partial charge in [-0.1, -0.05) is 50.1 Å². The van der Waals surface area contributed by atoms with E-state index in [1.165, 1.54) is 11.8 Å². The van der Waals surface area contributed by atoms with Crippen LogP contribution in [0.5, 0.6) is 0 Å². The van der Waals surface area contributed by atoms with E-state index in [4.69, 9.17) is 13.9 Å². The van der Waals surface area contributed by atoms with Crippen LogP contribution in [0.1, 0.15) is 61.8 Å². The molecule has 0 radical (unpaired) electrons. The molecule has 2 aromatic carbocycles. The molecular weight excluding hydrogens is 482 g/mol. The predicted octanol–water partition coefficient (Wildman–Crippen LogP) is 6.51. The number of rotatable bonds is 12. The molecule has 1 atom stereocenters. The maximum absolute atomic E-state index is 12.1. The molecule has 1 unspecified atom stereocenters. The maximum Gasteiger partial charge on any atom is 0.412 e. The number of carbonyl (C=O) groups is 2. The molecule has 0 fully saturated rings. The molecule has 8 heteroatoms. The highest BCUT2D eigenvalue weighted by Gasteiger charge is 2.28. The molecule has 200 valence electrons. The first-order valence-electron chi connectivity index (χ1n) is 13.1. The summed E-state index contributed by atoms with van der Waals surface area (Å²) in [6.07, 6.45) is 5.39. The minimum Gasteiger partial charge on any atom is -0.466 e. The number of furan rings is 1. The molecule has 1 aliphatic heterocycles. The van der Waals surface area contributed by atoms with Crippen molar-refractivity contribution in [3.63, 3.8) is 0 Å². The molecule has 0 saturated carbocycles. The Hall–Kier alpha value is -4.20. The average Bonchev–Trinajstić information content (AvgIpc) is 3.46. The van der Waals surface area contributed by atoms with E-state index in [-0.39, 0.29) is 25.2 Å². The zero-order valence-corrected chi connectivity index (χ0v) is 21.8. The fourth-order valence-corrected chi connectivity index (χ4v) is 4.55. The summed E-state index contributed by atoms with van der Waals surface area (Å²) in [5.41, 5.74) is 4.01. The largest absolute Gasteiger partial charge is 0.466 e. The van der Waals surface area contributed by atoms with Crippen LogP contribution < -0.4 is 15.5 Å². The van der Waals surface area contributed by atoms with Crippen molar-refractivity contribution >= 4 is 23.4 Å². The molecule has 0 saturated heterocycles. The van der Waals surface area contributed by atoms with E-state index >= 15 is 0 Å². The van der Waals surface area contributed by atoms with Crippen LogP contribution in [0, 0.1) is 0 Å². The van der Waals surface area contributed by atoms with Gasteiger partial charge in [-0.05, 0) is 60.9 Å². The van der Waals surface area contributed by atoms with Gasteiger partial charge in [0.2, 0.25) is 5.91 Å². The summed E-state index contributed by atoms with van der Waals surface area (Å²) in [7, 11) is 0. The molecule has 2 heterocycles. The second-order valence-corrected chi connectivity index (χ2v) is 9.19. The van der Waals surface area contributed by atoms with Crippen molar-refractivity contribution in [3.05, 3.63) is 96.3 Å². The number of fused-ring (bicyclic) bond motifs is 1. The summed E-state index contributed by atoms with van der Waals surface area (Å²) >= 11 is 0. The van der Waals surface area contributed by atoms with Gasteiger partial charge in [-0.3, -0.25) is 10.1 Å². The van der Waals surface area contributed by atoms with Crippen molar-refractivity contribution in [1.82, 2.24) is 5.32 Å². The van der Waals surface area contributed by atoms with Gasteiger partial charge in [0.25, 0.3) is 0 Å². The Bertz CT molecular complexity index is 1210. The van der Waals surface area contributed by atoms with E-state index in [1.54, 1.807) is 12.1 Å². The van der Waals surface area contributed by atoms with Crippen molar-refractivity contribution in [2.24, 2.45) is 0 Å². The fourth-order valence-electron chi connectivity index (χ4n) is 4.55. The number of para-hydroxylation sites is 1. The Balaban J connectivity index is 1.33. The van der Waals surface area contributed by atoms with Crippen LogP contribution in [0.15, 0.2) is 83.8 Å². The first-order chi connectivity index (χ1) is 18.5. The highest BCUT2D eigenvalue weighted by molar-refractivity contribution is 5.84. The zero-order valence-electron chi connectivity index (χ0n) is 21.8. The molecule has 0 aliphatic carbocycles. The van der Waals surface area contributed by atoms with E-state index in [2.05, 4.69) is 41.2 Å². The van der Waals surface area contributed by atoms with E-state index in [0.717, 1.165) is 43.5 Å². The Morgan fingerprint density at radius 2 is 1.87 bits per heavy atom. The Labute approximate surface area is 223 Å². The molecule has 1 aliphatic rings. The van der Waals surface area contributed by atoms with Crippen molar-refractivity contribution < 1.29 is 23.5 Å². The van der Waals surface area contributed by atoms with Crippen LogP contribution in [0.4, 0.5) is 16.2 Å². The predicted molar refractivity (Wildman–Crippen MR) is 147 cm³/mol. The van der Waals surface area contributed by atoms with Gasteiger partial charge >= 0.3 is 6.09 Å². The molecule has 38 heavy (non-hydrogen) atoms. The van der Waals surface area contributed by atoms with Gasteiger partial charge in [0.1, 0.15) is 5.76 Å². The number of ether oxygens (including phenoxy) is 2. The molecule has 4 rings (SSSR count). The van der Waals surface area contributed by atoms with Gasteiger partial charge in [-0.25, -0.2) is 4.79 Å². The lowest BCUT2D eigenvalue weighted by Gasteiger charge is -2.36. The second kappa shape index (κ2) is 13.4. The van der Waals surface area contributed by atoms with E-state index in [0.29, 0.717) is 23.8 Å². The molecule has 3 aromatic rings. The Morgan fingerprint density at radius 1 is 1.05 bits per heavy atom. The second-order valence-electron chi connectivity index (χ2n) is 9.19. The molecule has 1 aromatic heterocycles. The van der Waals surface area contributed by atoms with Gasteiger partial charge in [-0.15, -0.1) is 0 Å². The smallest absolute Gasteiger partial charge is 0.412 e. The molecule has 0 bridgehead atoms. The number of anilines is 2. The molecule has 2 N–H and O–H groups in total. The molecule has 8 nitrogen and oxygen atoms in total. The van der Waals surface area contributed by atoms with E-state index < -0.39 is 6.09 Å². The Kier molecular flexibility index (Phi) is 9.45. The number of hydrogen-bond acceptors (Lipinski definition) is 6. The average molecular weight is 518 g/mol. The first kappa shape index (κ1) is 26.9. The summed E-state index contributed by atoms with van der Waals surface area (Å²) in [5.74, 6) is 1.28. The third kappa shape index (κ3) is 7.18. The summed E-state index contributed by atoms with van der Waals surface area (Å²) in [5, 5.41) is 5.56. The number of nitrogens with one attached hydrogen (secondary N) is 2. The van der Waals surface area contributed by atoms with Crippen LogP contribution in [-0.2, 0) is 20.9 Å². The van der Waals surface area contributed by atoms with Crippen molar-refractivity contribution in [3.8, 4) is 0 Å². The van der Waals surface area contributed by atoms with Gasteiger partial charge in [-0.2, -0.15) is 0 Å². The van der Waals surface area contributed by atoms with Crippen LogP contribution >= 0.6 is 0 Å². The minimum atomic E-state index is -0.538. The number of hydrogen-bond donors (Lipinski definition) is 2. The summed E-state index contributed by atoms with van der Waals surface area (Å²) in [6.45, 7) is 7.13. The van der Waals surface area contributed by atoms with E-state index in [1.807, 2.05) is 36.4 Å². The van der Waals surface area contributed by atoms with Gasteiger partial charge < -0.3 is 24.1 Å². The lowest BCUT2D eigenvalue weighted by atomic mass is 9.84. The zero-order chi connectivity index (χ0) is 26.7. The lowest BCUT2D eigenvalue weighted by molar-refractivity contribution is -0.122. The molecular formula is C30H35N3O5. The molecule has 2 amide bonds. The maximum atomic E-state index is 12.1. The monoisotopic (exact) mass is 517 g/mol. The van der Waals surface area contributed by atoms with Crippen molar-refractivity contribution in [2.45, 2.75) is 51.6 Å². The van der Waals surface area contributed by atoms with Crippen LogP contribution in [0.2, 0.25) is 0 Å². The van der Waals surface area contributed by atoms with Crippen molar-refractivity contribution in [1.29, 1.82) is 0 Å². The summed E-state index contributed by atoms with van der Waals surface area (Å²) < 4.78 is 16.2. The minimum absolute atomic E-state index is 0.00548. The lowest BCUT2D eigenvalue weighted by Crippen LogP contribution is -2.34.